The number of benzene rings is 1. The summed E-state index contributed by atoms with van der Waals surface area (Å²) in [6.45, 7) is 2.06. The summed E-state index contributed by atoms with van der Waals surface area (Å²) in [5.74, 6) is -0.0614. The van der Waals surface area contributed by atoms with E-state index in [1.54, 1.807) is 13.0 Å². The molecule has 11 nitrogen and oxygen atoms in total. The van der Waals surface area contributed by atoms with E-state index >= 15 is 0 Å². The first-order valence-electron chi connectivity index (χ1n) is 11.6. The highest BCUT2D eigenvalue weighted by molar-refractivity contribution is 5.81. The number of pyridine rings is 1. The van der Waals surface area contributed by atoms with Gasteiger partial charge >= 0.3 is 6.18 Å². The van der Waals surface area contributed by atoms with E-state index in [1.165, 1.54) is 37.7 Å². The monoisotopic (exact) mass is 542 g/mol. The maximum atomic E-state index is 13.0. The van der Waals surface area contributed by atoms with Gasteiger partial charge in [0, 0.05) is 43.2 Å². The molecular weight excluding hydrogens is 517 g/mol. The van der Waals surface area contributed by atoms with Crippen molar-refractivity contribution in [2.75, 3.05) is 31.3 Å². The van der Waals surface area contributed by atoms with Gasteiger partial charge in [-0.05, 0) is 31.2 Å². The van der Waals surface area contributed by atoms with Crippen LogP contribution < -0.4 is 16.4 Å². The summed E-state index contributed by atoms with van der Waals surface area (Å²) in [7, 11) is 1.43. The number of nitrogens with two attached hydrogens (primary N) is 1. The third kappa shape index (κ3) is 6.59. The SMILES string of the molecule is COCC(=O)N[C@@H](C)CNc1nccc(-c2[nH]c(-c3ccc(C(F)(F)F)cc3)nc2-c2cnc(N)c(O)c2)n1. The number of rotatable bonds is 9. The van der Waals surface area contributed by atoms with E-state index in [2.05, 4.69) is 35.6 Å². The molecule has 1 aromatic carbocycles. The number of halogens is 3. The number of aromatic amines is 1. The number of aromatic nitrogens is 5. The van der Waals surface area contributed by atoms with Gasteiger partial charge in [-0.15, -0.1) is 0 Å². The fraction of sp³-hybridized carbons (Fsp3) is 0.240. The van der Waals surface area contributed by atoms with Crippen molar-refractivity contribution in [3.63, 3.8) is 0 Å². The zero-order chi connectivity index (χ0) is 28.2. The lowest BCUT2D eigenvalue weighted by Gasteiger charge is -2.14. The quantitative estimate of drug-likeness (QED) is 0.213. The summed E-state index contributed by atoms with van der Waals surface area (Å²) in [6.07, 6.45) is -1.55. The number of nitrogens with one attached hydrogen (secondary N) is 3. The minimum Gasteiger partial charge on any atom is -0.504 e. The molecule has 3 aromatic heterocycles. The van der Waals surface area contributed by atoms with Gasteiger partial charge in [0.15, 0.2) is 11.6 Å². The second kappa shape index (κ2) is 11.3. The lowest BCUT2D eigenvalue weighted by Crippen LogP contribution is -2.39. The normalized spacial score (nSPS) is 12.2. The van der Waals surface area contributed by atoms with E-state index in [0.29, 0.717) is 34.8 Å². The molecule has 1 atom stereocenters. The number of hydrogen-bond donors (Lipinski definition) is 5. The molecule has 0 unspecified atom stereocenters. The van der Waals surface area contributed by atoms with Crippen LogP contribution in [0.1, 0.15) is 12.5 Å². The van der Waals surface area contributed by atoms with Crippen molar-refractivity contribution < 1.29 is 27.8 Å². The molecule has 39 heavy (non-hydrogen) atoms. The lowest BCUT2D eigenvalue weighted by molar-refractivity contribution is -0.137. The summed E-state index contributed by atoms with van der Waals surface area (Å²) in [4.78, 5) is 32.1. The molecule has 6 N–H and O–H groups in total. The molecule has 1 amide bonds. The lowest BCUT2D eigenvalue weighted by atomic mass is 10.1. The first kappa shape index (κ1) is 27.3. The van der Waals surface area contributed by atoms with Crippen molar-refractivity contribution in [3.8, 4) is 39.8 Å². The van der Waals surface area contributed by atoms with E-state index in [1.807, 2.05) is 0 Å². The van der Waals surface area contributed by atoms with E-state index in [0.717, 1.165) is 12.1 Å². The van der Waals surface area contributed by atoms with Gasteiger partial charge in [-0.3, -0.25) is 4.79 Å². The number of ether oxygens (including phenoxy) is 1. The third-order valence-electron chi connectivity index (χ3n) is 5.52. The fourth-order valence-electron chi connectivity index (χ4n) is 3.64. The number of nitrogen functional groups attached to an aromatic ring is 1. The minimum atomic E-state index is -4.47. The number of imidazole rings is 1. The minimum absolute atomic E-state index is 0.0598. The van der Waals surface area contributed by atoms with E-state index < -0.39 is 11.7 Å². The zero-order valence-electron chi connectivity index (χ0n) is 20.9. The third-order valence-corrected chi connectivity index (χ3v) is 5.52. The van der Waals surface area contributed by atoms with E-state index in [9.17, 15) is 23.1 Å². The van der Waals surface area contributed by atoms with Gasteiger partial charge in [-0.1, -0.05) is 12.1 Å². The van der Waals surface area contributed by atoms with Crippen LogP contribution in [-0.4, -0.2) is 62.2 Å². The first-order valence-corrected chi connectivity index (χ1v) is 11.6. The molecule has 0 saturated heterocycles. The summed E-state index contributed by atoms with van der Waals surface area (Å²) in [5.41, 5.74) is 6.79. The molecule has 0 saturated carbocycles. The predicted molar refractivity (Wildman–Crippen MR) is 137 cm³/mol. The van der Waals surface area contributed by atoms with E-state index in [4.69, 9.17) is 10.5 Å². The Morgan fingerprint density at radius 2 is 1.90 bits per heavy atom. The van der Waals surface area contributed by atoms with Gasteiger partial charge in [0.05, 0.1) is 17.0 Å². The van der Waals surface area contributed by atoms with Crippen LogP contribution in [0.5, 0.6) is 5.75 Å². The summed E-state index contributed by atoms with van der Waals surface area (Å²) in [5, 5.41) is 15.9. The number of nitrogens with zero attached hydrogens (tertiary/aromatic N) is 4. The van der Waals surface area contributed by atoms with Crippen LogP contribution in [0.3, 0.4) is 0 Å². The molecule has 204 valence electrons. The Labute approximate surface area is 220 Å². The molecule has 14 heteroatoms. The molecule has 0 spiro atoms. The Morgan fingerprint density at radius 1 is 1.15 bits per heavy atom. The molecule has 0 aliphatic rings. The second-order valence-electron chi connectivity index (χ2n) is 8.56. The van der Waals surface area contributed by atoms with Gasteiger partial charge in [0.25, 0.3) is 0 Å². The van der Waals surface area contributed by atoms with Crippen LogP contribution in [0.15, 0.2) is 48.8 Å². The van der Waals surface area contributed by atoms with Crippen LogP contribution >= 0.6 is 0 Å². The first-order chi connectivity index (χ1) is 18.5. The van der Waals surface area contributed by atoms with Gasteiger partial charge in [-0.25, -0.2) is 19.9 Å². The highest BCUT2D eigenvalue weighted by Gasteiger charge is 2.30. The Balaban J connectivity index is 1.68. The topological polar surface area (TPSA) is 164 Å². The molecule has 4 aromatic rings. The average Bonchev–Trinajstić information content (AvgIpc) is 3.35. The van der Waals surface area contributed by atoms with Crippen LogP contribution in [0.2, 0.25) is 0 Å². The molecule has 3 heterocycles. The van der Waals surface area contributed by atoms with Crippen molar-refractivity contribution in [1.29, 1.82) is 0 Å². The number of carbonyl (C=O) groups excluding carboxylic acids is 1. The molecular formula is C25H25F3N8O3. The van der Waals surface area contributed by atoms with Crippen molar-refractivity contribution in [1.82, 2.24) is 30.2 Å². The molecule has 4 rings (SSSR count). The summed E-state index contributed by atoms with van der Waals surface area (Å²) in [6, 6.07) is 7.29. The Morgan fingerprint density at radius 3 is 2.56 bits per heavy atom. The van der Waals surface area contributed by atoms with Crippen LogP contribution in [0.25, 0.3) is 34.0 Å². The van der Waals surface area contributed by atoms with Gasteiger partial charge in [0.2, 0.25) is 11.9 Å². The number of H-pyrrole nitrogens is 1. The van der Waals surface area contributed by atoms with E-state index in [-0.39, 0.29) is 41.9 Å². The number of hydrogen-bond acceptors (Lipinski definition) is 9. The fourth-order valence-corrected chi connectivity index (χ4v) is 3.64. The molecule has 0 fully saturated rings. The largest absolute Gasteiger partial charge is 0.504 e. The maximum Gasteiger partial charge on any atom is 0.416 e. The number of aromatic hydroxyl groups is 1. The predicted octanol–water partition coefficient (Wildman–Crippen LogP) is 3.47. The molecule has 0 aliphatic heterocycles. The highest BCUT2D eigenvalue weighted by Crippen LogP contribution is 2.35. The van der Waals surface area contributed by atoms with Crippen molar-refractivity contribution >= 4 is 17.7 Å². The number of anilines is 2. The second-order valence-corrected chi connectivity index (χ2v) is 8.56. The Hall–Kier alpha value is -4.72. The molecule has 0 bridgehead atoms. The van der Waals surface area contributed by atoms with Gasteiger partial charge < -0.3 is 31.2 Å². The smallest absolute Gasteiger partial charge is 0.416 e. The number of alkyl halides is 3. The van der Waals surface area contributed by atoms with Crippen molar-refractivity contribution in [2.45, 2.75) is 19.1 Å². The zero-order valence-corrected chi connectivity index (χ0v) is 20.9. The van der Waals surface area contributed by atoms with Crippen LogP contribution in [0, 0.1) is 0 Å². The molecule has 0 radical (unpaired) electrons. The van der Waals surface area contributed by atoms with Gasteiger partial charge in [-0.2, -0.15) is 13.2 Å². The Bertz CT molecular complexity index is 1460. The average molecular weight is 543 g/mol. The van der Waals surface area contributed by atoms with Crippen molar-refractivity contribution in [3.05, 3.63) is 54.4 Å². The maximum absolute atomic E-state index is 13.0. The number of methoxy groups -OCH3 is 1. The Kier molecular flexibility index (Phi) is 7.95. The summed E-state index contributed by atoms with van der Waals surface area (Å²) >= 11 is 0. The number of amides is 1. The standard InChI is InChI=1S/C25H25F3N8O3/c1-13(33-19(38)12-39-2)10-32-24-30-8-7-17(34-24)21-20(15-9-18(37)22(29)31-11-15)35-23(36-21)14-3-5-16(6-4-14)25(26,27)28/h3-9,11,13,37H,10,12H2,1-2H3,(H2,29,31)(H,33,38)(H,35,36)(H,30,32,34)/t13-/m0/s1. The summed E-state index contributed by atoms with van der Waals surface area (Å²) < 4.78 is 43.9. The van der Waals surface area contributed by atoms with Gasteiger partial charge in [0.1, 0.15) is 18.1 Å². The molecule has 0 aliphatic carbocycles. The highest BCUT2D eigenvalue weighted by atomic mass is 19.4. The number of carbonyl (C=O) groups is 1. The van der Waals surface area contributed by atoms with Crippen molar-refractivity contribution in [2.24, 2.45) is 0 Å². The van der Waals surface area contributed by atoms with Crippen LogP contribution in [-0.2, 0) is 15.7 Å². The van der Waals surface area contributed by atoms with Crippen LogP contribution in [0.4, 0.5) is 24.9 Å².